The number of anilines is 2. The van der Waals surface area contributed by atoms with Crippen LogP contribution in [0.4, 0.5) is 16.0 Å². The van der Waals surface area contributed by atoms with Crippen molar-refractivity contribution in [1.29, 1.82) is 0 Å². The molecule has 2 N–H and O–H groups in total. The van der Waals surface area contributed by atoms with Gasteiger partial charge in [0.05, 0.1) is 6.42 Å². The monoisotopic (exact) mass is 370 g/mol. The minimum absolute atomic E-state index is 0.0646. The second-order valence-electron chi connectivity index (χ2n) is 5.60. The number of hydrogen-bond donors (Lipinski definition) is 2. The smallest absolute Gasteiger partial charge is 0.230 e. The van der Waals surface area contributed by atoms with Gasteiger partial charge < -0.3 is 10.6 Å². The highest BCUT2D eigenvalue weighted by atomic mass is 35.5. The van der Waals surface area contributed by atoms with Crippen molar-refractivity contribution >= 4 is 29.1 Å². The minimum atomic E-state index is -0.407. The minimum Gasteiger partial charge on any atom is -0.365 e. The number of nitrogens with one attached hydrogen (secondary N) is 2. The molecule has 1 amide bonds. The van der Waals surface area contributed by atoms with E-state index in [4.69, 9.17) is 11.6 Å². The number of benzene rings is 2. The molecule has 3 rings (SSSR count). The lowest BCUT2D eigenvalue weighted by atomic mass is 10.1. The highest BCUT2D eigenvalue weighted by Crippen LogP contribution is 2.12. The molecule has 0 aliphatic carbocycles. The average molecular weight is 371 g/mol. The second kappa shape index (κ2) is 8.40. The molecule has 26 heavy (non-hydrogen) atoms. The second-order valence-corrected chi connectivity index (χ2v) is 6.04. The normalized spacial score (nSPS) is 10.4. The Hall–Kier alpha value is -2.99. The van der Waals surface area contributed by atoms with Crippen molar-refractivity contribution in [2.75, 3.05) is 10.6 Å². The summed E-state index contributed by atoms with van der Waals surface area (Å²) >= 11 is 5.85. The first-order valence-corrected chi connectivity index (χ1v) is 8.33. The van der Waals surface area contributed by atoms with Crippen LogP contribution in [0, 0.1) is 5.82 Å². The predicted molar refractivity (Wildman–Crippen MR) is 99.5 cm³/mol. The summed E-state index contributed by atoms with van der Waals surface area (Å²) in [7, 11) is 0. The molecule has 1 aromatic heterocycles. The molecule has 0 atom stereocenters. The molecule has 0 aliphatic rings. The molecule has 2 aromatic carbocycles. The van der Waals surface area contributed by atoms with Gasteiger partial charge in [0.1, 0.15) is 11.6 Å². The SMILES string of the molecule is O=C(Cc1ccccc1F)Nc1ccc(NCc2ccc(Cl)cc2)nn1. The number of rotatable bonds is 6. The lowest BCUT2D eigenvalue weighted by molar-refractivity contribution is -0.115. The van der Waals surface area contributed by atoms with Crippen LogP contribution < -0.4 is 10.6 Å². The van der Waals surface area contributed by atoms with Crippen molar-refractivity contribution < 1.29 is 9.18 Å². The van der Waals surface area contributed by atoms with Crippen LogP contribution in [-0.2, 0) is 17.8 Å². The maximum absolute atomic E-state index is 13.6. The third-order valence-corrected chi connectivity index (χ3v) is 3.88. The quantitative estimate of drug-likeness (QED) is 0.686. The molecular weight excluding hydrogens is 355 g/mol. The summed E-state index contributed by atoms with van der Waals surface area (Å²) in [5.74, 6) is 0.122. The Balaban J connectivity index is 1.53. The van der Waals surface area contributed by atoms with Crippen LogP contribution in [0.25, 0.3) is 0 Å². The molecule has 0 radical (unpaired) electrons. The Bertz CT molecular complexity index is 885. The first-order valence-electron chi connectivity index (χ1n) is 7.95. The van der Waals surface area contributed by atoms with E-state index in [2.05, 4.69) is 20.8 Å². The summed E-state index contributed by atoms with van der Waals surface area (Å²) < 4.78 is 13.6. The summed E-state index contributed by atoms with van der Waals surface area (Å²) in [4.78, 5) is 12.0. The highest BCUT2D eigenvalue weighted by molar-refractivity contribution is 6.30. The molecule has 0 spiro atoms. The van der Waals surface area contributed by atoms with Gasteiger partial charge in [-0.2, -0.15) is 0 Å². The molecule has 1 heterocycles. The van der Waals surface area contributed by atoms with Gasteiger partial charge in [-0.1, -0.05) is 41.9 Å². The van der Waals surface area contributed by atoms with Gasteiger partial charge in [-0.3, -0.25) is 4.79 Å². The average Bonchev–Trinajstić information content (AvgIpc) is 2.64. The maximum Gasteiger partial charge on any atom is 0.230 e. The Morgan fingerprint density at radius 2 is 1.65 bits per heavy atom. The Morgan fingerprint density at radius 1 is 0.962 bits per heavy atom. The van der Waals surface area contributed by atoms with Gasteiger partial charge in [0.15, 0.2) is 5.82 Å². The van der Waals surface area contributed by atoms with Crippen molar-refractivity contribution in [3.05, 3.63) is 82.6 Å². The van der Waals surface area contributed by atoms with Crippen molar-refractivity contribution in [3.63, 3.8) is 0 Å². The molecule has 0 saturated carbocycles. The lowest BCUT2D eigenvalue weighted by Gasteiger charge is -2.07. The van der Waals surface area contributed by atoms with Gasteiger partial charge in [0, 0.05) is 11.6 Å². The molecule has 5 nitrogen and oxygen atoms in total. The highest BCUT2D eigenvalue weighted by Gasteiger charge is 2.09. The van der Waals surface area contributed by atoms with Crippen LogP contribution >= 0.6 is 11.6 Å². The lowest BCUT2D eigenvalue weighted by Crippen LogP contribution is -2.16. The number of aromatic nitrogens is 2. The van der Waals surface area contributed by atoms with Crippen molar-refractivity contribution in [1.82, 2.24) is 10.2 Å². The third kappa shape index (κ3) is 5.00. The van der Waals surface area contributed by atoms with Crippen LogP contribution in [0.15, 0.2) is 60.7 Å². The van der Waals surface area contributed by atoms with E-state index in [1.54, 1.807) is 30.3 Å². The molecule has 0 fully saturated rings. The Kier molecular flexibility index (Phi) is 5.76. The molecule has 0 unspecified atom stereocenters. The first-order chi connectivity index (χ1) is 12.6. The van der Waals surface area contributed by atoms with Gasteiger partial charge in [-0.05, 0) is 41.5 Å². The number of carbonyl (C=O) groups excluding carboxylic acids is 1. The van der Waals surface area contributed by atoms with Gasteiger partial charge in [-0.25, -0.2) is 4.39 Å². The standard InChI is InChI=1S/C19H16ClFN4O/c20-15-7-5-13(6-8-15)12-22-17-9-10-18(25-24-17)23-19(26)11-14-3-1-2-4-16(14)21/h1-10H,11-12H2,(H,22,24)(H,23,25,26). The van der Waals surface area contributed by atoms with E-state index < -0.39 is 5.82 Å². The Morgan fingerprint density at radius 3 is 2.35 bits per heavy atom. The fraction of sp³-hybridized carbons (Fsp3) is 0.105. The van der Waals surface area contributed by atoms with Crippen LogP contribution in [0.3, 0.4) is 0 Å². The van der Waals surface area contributed by atoms with Gasteiger partial charge >= 0.3 is 0 Å². The van der Waals surface area contributed by atoms with Gasteiger partial charge in [0.25, 0.3) is 0 Å². The van der Waals surface area contributed by atoms with E-state index in [9.17, 15) is 9.18 Å². The largest absolute Gasteiger partial charge is 0.365 e. The van der Waals surface area contributed by atoms with E-state index in [1.807, 2.05) is 24.3 Å². The first kappa shape index (κ1) is 17.8. The van der Waals surface area contributed by atoms with Crippen molar-refractivity contribution in [3.8, 4) is 0 Å². The topological polar surface area (TPSA) is 66.9 Å². The van der Waals surface area contributed by atoms with E-state index in [0.717, 1.165) is 5.56 Å². The fourth-order valence-corrected chi connectivity index (χ4v) is 2.42. The fourth-order valence-electron chi connectivity index (χ4n) is 2.29. The summed E-state index contributed by atoms with van der Waals surface area (Å²) in [6.45, 7) is 0.574. The zero-order valence-corrected chi connectivity index (χ0v) is 14.5. The van der Waals surface area contributed by atoms with Crippen LogP contribution in [0.1, 0.15) is 11.1 Å². The van der Waals surface area contributed by atoms with Crippen molar-refractivity contribution in [2.45, 2.75) is 13.0 Å². The zero-order valence-electron chi connectivity index (χ0n) is 13.7. The van der Waals surface area contributed by atoms with Crippen LogP contribution in [0.2, 0.25) is 5.02 Å². The molecule has 132 valence electrons. The third-order valence-electron chi connectivity index (χ3n) is 3.63. The zero-order chi connectivity index (χ0) is 18.4. The molecule has 7 heteroatoms. The predicted octanol–water partition coefficient (Wildman–Crippen LogP) is 4.06. The number of hydrogen-bond acceptors (Lipinski definition) is 4. The number of amides is 1. The van der Waals surface area contributed by atoms with E-state index in [-0.39, 0.29) is 12.3 Å². The molecule has 0 saturated heterocycles. The molecular formula is C19H16ClFN4O. The molecule has 0 aliphatic heterocycles. The molecule has 0 bridgehead atoms. The Labute approximate surface area is 155 Å². The summed E-state index contributed by atoms with van der Waals surface area (Å²) in [6, 6.07) is 17.0. The van der Waals surface area contributed by atoms with E-state index >= 15 is 0 Å². The van der Waals surface area contributed by atoms with E-state index in [1.165, 1.54) is 6.07 Å². The number of nitrogens with zero attached hydrogens (tertiary/aromatic N) is 2. The maximum atomic E-state index is 13.6. The van der Waals surface area contributed by atoms with Crippen LogP contribution in [-0.4, -0.2) is 16.1 Å². The number of halogens is 2. The summed E-state index contributed by atoms with van der Waals surface area (Å²) in [5, 5.41) is 14.4. The van der Waals surface area contributed by atoms with Gasteiger partial charge in [-0.15, -0.1) is 10.2 Å². The number of carbonyl (C=O) groups is 1. The summed E-state index contributed by atoms with van der Waals surface area (Å²) in [6.07, 6.45) is -0.0646. The van der Waals surface area contributed by atoms with Crippen LogP contribution in [0.5, 0.6) is 0 Å². The molecule has 3 aromatic rings. The van der Waals surface area contributed by atoms with Crippen molar-refractivity contribution in [2.24, 2.45) is 0 Å². The van der Waals surface area contributed by atoms with E-state index in [0.29, 0.717) is 28.8 Å². The summed E-state index contributed by atoms with van der Waals surface area (Å²) in [5.41, 5.74) is 1.39. The van der Waals surface area contributed by atoms with Gasteiger partial charge in [0.2, 0.25) is 5.91 Å².